The minimum absolute atomic E-state index is 0.0310. The van der Waals surface area contributed by atoms with Crippen LogP contribution in [-0.2, 0) is 20.0 Å². The Labute approximate surface area is 185 Å². The fourth-order valence-corrected chi connectivity index (χ4v) is 7.60. The molecule has 1 saturated heterocycles. The fourth-order valence-electron chi connectivity index (χ4n) is 4.06. The summed E-state index contributed by atoms with van der Waals surface area (Å²) in [6, 6.07) is 7.96. The summed E-state index contributed by atoms with van der Waals surface area (Å²) in [4.78, 5) is 0.268. The van der Waals surface area contributed by atoms with Gasteiger partial charge in [-0.2, -0.15) is 13.9 Å². The van der Waals surface area contributed by atoms with E-state index in [0.29, 0.717) is 4.90 Å². The van der Waals surface area contributed by atoms with Crippen LogP contribution in [0.15, 0.2) is 34.1 Å². The van der Waals surface area contributed by atoms with E-state index < -0.39 is 20.0 Å². The molecule has 7 nitrogen and oxygen atoms in total. The van der Waals surface area contributed by atoms with Gasteiger partial charge >= 0.3 is 0 Å². The summed E-state index contributed by atoms with van der Waals surface area (Å²) in [6.45, 7) is 9.65. The third-order valence-corrected chi connectivity index (χ3v) is 10.5. The molecule has 0 amide bonds. The molecule has 1 heterocycles. The van der Waals surface area contributed by atoms with Crippen molar-refractivity contribution in [2.75, 3.05) is 26.2 Å². The Morgan fingerprint density at radius 1 is 0.710 bits per heavy atom. The Balaban J connectivity index is 1.90. The summed E-state index contributed by atoms with van der Waals surface area (Å²) >= 11 is 0. The fraction of sp³-hybridized carbons (Fsp3) is 0.409. The molecule has 0 aliphatic carbocycles. The molecule has 0 aromatic heterocycles. The second kappa shape index (κ2) is 8.36. The molecule has 1 aliphatic rings. The Hall–Kier alpha value is -2.25. The largest absolute Gasteiger partial charge is 0.244 e. The number of nitriles is 1. The van der Waals surface area contributed by atoms with E-state index in [1.807, 2.05) is 40.7 Å². The standard InChI is InChI=1S/C22H27N3O4S2/c1-15-16(2)18(4)22(19(5)17(15)3)31(28,29)25-12-10-24(11-13-25)30(26,27)21-9-7-6-8-20(21)14-23/h6-9H,10-13H2,1-5H3. The van der Waals surface area contributed by atoms with Gasteiger partial charge in [-0.05, 0) is 74.6 Å². The number of piperazine rings is 1. The van der Waals surface area contributed by atoms with Gasteiger partial charge in [0.1, 0.15) is 6.07 Å². The van der Waals surface area contributed by atoms with Crippen molar-refractivity contribution >= 4 is 20.0 Å². The minimum Gasteiger partial charge on any atom is -0.207 e. The lowest BCUT2D eigenvalue weighted by Crippen LogP contribution is -2.50. The van der Waals surface area contributed by atoms with Gasteiger partial charge in [0.15, 0.2) is 0 Å². The van der Waals surface area contributed by atoms with Crippen molar-refractivity contribution < 1.29 is 16.8 Å². The normalized spacial score (nSPS) is 16.3. The highest BCUT2D eigenvalue weighted by atomic mass is 32.2. The molecule has 0 bridgehead atoms. The zero-order chi connectivity index (χ0) is 23.1. The van der Waals surface area contributed by atoms with Crippen molar-refractivity contribution in [1.82, 2.24) is 8.61 Å². The predicted molar refractivity (Wildman–Crippen MR) is 119 cm³/mol. The highest BCUT2D eigenvalue weighted by Crippen LogP contribution is 2.32. The van der Waals surface area contributed by atoms with Crippen molar-refractivity contribution in [1.29, 1.82) is 5.26 Å². The summed E-state index contributed by atoms with van der Waals surface area (Å²) in [6.07, 6.45) is 0. The average molecular weight is 462 g/mol. The zero-order valence-corrected chi connectivity index (χ0v) is 20.1. The number of nitrogens with zero attached hydrogens (tertiary/aromatic N) is 3. The predicted octanol–water partition coefficient (Wildman–Crippen LogP) is 2.80. The zero-order valence-electron chi connectivity index (χ0n) is 18.4. The SMILES string of the molecule is Cc1c(C)c(C)c(S(=O)(=O)N2CCN(S(=O)(=O)c3ccccc3C#N)CC2)c(C)c1C. The van der Waals surface area contributed by atoms with Crippen LogP contribution >= 0.6 is 0 Å². The highest BCUT2D eigenvalue weighted by molar-refractivity contribution is 7.89. The highest BCUT2D eigenvalue weighted by Gasteiger charge is 2.36. The van der Waals surface area contributed by atoms with Crippen LogP contribution in [0.3, 0.4) is 0 Å². The van der Waals surface area contributed by atoms with Crippen molar-refractivity contribution in [2.45, 2.75) is 44.4 Å². The first-order chi connectivity index (χ1) is 14.4. The number of sulfonamides is 2. The van der Waals surface area contributed by atoms with Gasteiger partial charge in [-0.3, -0.25) is 0 Å². The van der Waals surface area contributed by atoms with E-state index in [2.05, 4.69) is 0 Å². The number of hydrogen-bond donors (Lipinski definition) is 0. The first-order valence-corrected chi connectivity index (χ1v) is 12.9. The van der Waals surface area contributed by atoms with E-state index in [1.165, 1.54) is 20.7 Å². The molecule has 0 saturated carbocycles. The Kier molecular flexibility index (Phi) is 6.31. The monoisotopic (exact) mass is 461 g/mol. The first kappa shape index (κ1) is 23.4. The molecular weight excluding hydrogens is 434 g/mol. The van der Waals surface area contributed by atoms with Gasteiger partial charge in [0.2, 0.25) is 20.0 Å². The van der Waals surface area contributed by atoms with E-state index in [-0.39, 0.29) is 36.6 Å². The van der Waals surface area contributed by atoms with Crippen LogP contribution in [-0.4, -0.2) is 51.6 Å². The summed E-state index contributed by atoms with van der Waals surface area (Å²) < 4.78 is 55.7. The van der Waals surface area contributed by atoms with Gasteiger partial charge in [-0.25, -0.2) is 16.8 Å². The van der Waals surface area contributed by atoms with Crippen molar-refractivity contribution in [3.05, 3.63) is 57.6 Å². The molecule has 31 heavy (non-hydrogen) atoms. The molecule has 1 aliphatic heterocycles. The summed E-state index contributed by atoms with van der Waals surface area (Å²) in [5.74, 6) is 0. The van der Waals surface area contributed by atoms with Crippen LogP contribution < -0.4 is 0 Å². The van der Waals surface area contributed by atoms with E-state index >= 15 is 0 Å². The quantitative estimate of drug-likeness (QED) is 0.697. The molecule has 0 N–H and O–H groups in total. The Morgan fingerprint density at radius 3 is 1.61 bits per heavy atom. The van der Waals surface area contributed by atoms with E-state index in [1.54, 1.807) is 12.1 Å². The lowest BCUT2D eigenvalue weighted by molar-refractivity contribution is 0.272. The minimum atomic E-state index is -3.88. The van der Waals surface area contributed by atoms with E-state index in [0.717, 1.165) is 27.8 Å². The van der Waals surface area contributed by atoms with Crippen molar-refractivity contribution in [3.63, 3.8) is 0 Å². The van der Waals surface area contributed by atoms with E-state index in [4.69, 9.17) is 0 Å². The second-order valence-electron chi connectivity index (χ2n) is 7.87. The van der Waals surface area contributed by atoms with Gasteiger partial charge in [0.25, 0.3) is 0 Å². The Morgan fingerprint density at radius 2 is 1.13 bits per heavy atom. The molecule has 2 aromatic rings. The molecule has 0 spiro atoms. The molecule has 166 valence electrons. The van der Waals surface area contributed by atoms with Crippen LogP contribution in [0.5, 0.6) is 0 Å². The van der Waals surface area contributed by atoms with Gasteiger partial charge < -0.3 is 0 Å². The average Bonchev–Trinajstić information content (AvgIpc) is 2.76. The maximum absolute atomic E-state index is 13.5. The van der Waals surface area contributed by atoms with Crippen LogP contribution in [0.25, 0.3) is 0 Å². The molecule has 1 fully saturated rings. The Bertz CT molecular complexity index is 1260. The molecular formula is C22H27N3O4S2. The van der Waals surface area contributed by atoms with Crippen molar-refractivity contribution in [2.24, 2.45) is 0 Å². The van der Waals surface area contributed by atoms with Crippen molar-refractivity contribution in [3.8, 4) is 6.07 Å². The number of benzene rings is 2. The molecule has 2 aromatic carbocycles. The lowest BCUT2D eigenvalue weighted by Gasteiger charge is -2.34. The third kappa shape index (κ3) is 3.89. The molecule has 9 heteroatoms. The van der Waals surface area contributed by atoms with Crippen LogP contribution in [0.1, 0.15) is 33.4 Å². The topological polar surface area (TPSA) is 98.6 Å². The number of rotatable bonds is 4. The lowest BCUT2D eigenvalue weighted by atomic mass is 9.95. The van der Waals surface area contributed by atoms with Crippen LogP contribution in [0.4, 0.5) is 0 Å². The number of hydrogen-bond acceptors (Lipinski definition) is 5. The third-order valence-electron chi connectivity index (χ3n) is 6.35. The second-order valence-corrected chi connectivity index (χ2v) is 11.7. The van der Waals surface area contributed by atoms with Gasteiger partial charge in [0, 0.05) is 26.2 Å². The summed E-state index contributed by atoms with van der Waals surface area (Å²) in [5, 5.41) is 9.25. The van der Waals surface area contributed by atoms with Gasteiger partial charge in [0.05, 0.1) is 15.4 Å². The molecule has 0 unspecified atom stereocenters. The van der Waals surface area contributed by atoms with Gasteiger partial charge in [-0.1, -0.05) is 12.1 Å². The molecule has 0 radical (unpaired) electrons. The maximum atomic E-state index is 13.5. The summed E-state index contributed by atoms with van der Waals surface area (Å²) in [5.41, 5.74) is 4.54. The van der Waals surface area contributed by atoms with Gasteiger partial charge in [-0.15, -0.1) is 0 Å². The van der Waals surface area contributed by atoms with E-state index in [9.17, 15) is 22.1 Å². The van der Waals surface area contributed by atoms with Crippen LogP contribution in [0, 0.1) is 45.9 Å². The first-order valence-electron chi connectivity index (χ1n) is 10.0. The molecule has 3 rings (SSSR count). The smallest absolute Gasteiger partial charge is 0.207 e. The van der Waals surface area contributed by atoms with Crippen LogP contribution in [0.2, 0.25) is 0 Å². The summed E-state index contributed by atoms with van der Waals surface area (Å²) in [7, 11) is -7.66. The molecule has 0 atom stereocenters. The maximum Gasteiger partial charge on any atom is 0.244 e.